The fourth-order valence-corrected chi connectivity index (χ4v) is 2.61. The number of nitrogens with zero attached hydrogens (tertiary/aromatic N) is 1. The summed E-state index contributed by atoms with van der Waals surface area (Å²) in [5, 5.41) is 1.41. The van der Waals surface area contributed by atoms with Crippen LogP contribution >= 0.6 is 23.2 Å². The summed E-state index contributed by atoms with van der Waals surface area (Å²) in [6.45, 7) is 3.41. The Morgan fingerprint density at radius 2 is 2.24 bits per heavy atom. The van der Waals surface area contributed by atoms with Crippen molar-refractivity contribution in [1.82, 2.24) is 0 Å². The molecule has 0 fully saturated rings. The van der Waals surface area contributed by atoms with Crippen LogP contribution in [0.1, 0.15) is 31.2 Å². The van der Waals surface area contributed by atoms with Gasteiger partial charge in [-0.3, -0.25) is 4.99 Å². The van der Waals surface area contributed by atoms with Crippen LogP contribution in [0.2, 0.25) is 10.0 Å². The molecule has 0 N–H and O–H groups in total. The minimum absolute atomic E-state index is 0.379. The average Bonchev–Trinajstić information content (AvgIpc) is 2.31. The molecule has 1 aromatic carbocycles. The average molecular weight is 272 g/mol. The van der Waals surface area contributed by atoms with E-state index in [0.29, 0.717) is 17.5 Å². The van der Waals surface area contributed by atoms with E-state index in [9.17, 15) is 0 Å². The molecule has 0 saturated carbocycles. The molecule has 2 rings (SSSR count). The predicted molar refractivity (Wildman–Crippen MR) is 72.4 cm³/mol. The van der Waals surface area contributed by atoms with Gasteiger partial charge in [-0.25, -0.2) is 0 Å². The lowest BCUT2D eigenvalue weighted by molar-refractivity contribution is 0.307. The Labute approximate surface area is 112 Å². The van der Waals surface area contributed by atoms with Crippen molar-refractivity contribution in [3.05, 3.63) is 33.8 Å². The first-order valence-electron chi connectivity index (χ1n) is 5.81. The van der Waals surface area contributed by atoms with Crippen molar-refractivity contribution in [3.8, 4) is 0 Å². The molecule has 0 unspecified atom stereocenters. The lowest BCUT2D eigenvalue weighted by Gasteiger charge is -2.22. The zero-order valence-corrected chi connectivity index (χ0v) is 11.3. The molecular weight excluding hydrogens is 257 g/mol. The molecule has 1 aliphatic rings. The van der Waals surface area contributed by atoms with Gasteiger partial charge in [0.1, 0.15) is 0 Å². The first-order valence-corrected chi connectivity index (χ1v) is 6.57. The molecule has 1 aliphatic heterocycles. The quantitative estimate of drug-likeness (QED) is 0.786. The second-order valence-corrected chi connectivity index (χ2v) is 4.91. The molecule has 0 radical (unpaired) electrons. The molecule has 4 heteroatoms. The molecule has 17 heavy (non-hydrogen) atoms. The highest BCUT2D eigenvalue weighted by molar-refractivity contribution is 6.35. The van der Waals surface area contributed by atoms with Crippen molar-refractivity contribution in [1.29, 1.82) is 0 Å². The molecule has 0 aromatic heterocycles. The largest absolute Gasteiger partial charge is 0.481 e. The Balaban J connectivity index is 2.10. The van der Waals surface area contributed by atoms with Gasteiger partial charge in [-0.05, 0) is 31.0 Å². The van der Waals surface area contributed by atoms with Gasteiger partial charge in [-0.2, -0.15) is 0 Å². The molecule has 0 bridgehead atoms. The minimum Gasteiger partial charge on any atom is -0.481 e. The number of ether oxygens (including phenoxy) is 1. The third-order valence-electron chi connectivity index (χ3n) is 2.91. The van der Waals surface area contributed by atoms with Gasteiger partial charge in [-0.1, -0.05) is 29.3 Å². The van der Waals surface area contributed by atoms with E-state index in [0.717, 1.165) is 35.9 Å². The van der Waals surface area contributed by atoms with E-state index >= 15 is 0 Å². The van der Waals surface area contributed by atoms with E-state index in [4.69, 9.17) is 27.9 Å². The minimum atomic E-state index is 0.379. The van der Waals surface area contributed by atoms with Gasteiger partial charge in [-0.15, -0.1) is 0 Å². The van der Waals surface area contributed by atoms with E-state index in [1.165, 1.54) is 0 Å². The number of benzene rings is 1. The summed E-state index contributed by atoms with van der Waals surface area (Å²) < 4.78 is 5.41. The third-order valence-corrected chi connectivity index (χ3v) is 3.47. The molecule has 0 saturated heterocycles. The first kappa shape index (κ1) is 12.7. The van der Waals surface area contributed by atoms with E-state index < -0.39 is 0 Å². The second-order valence-electron chi connectivity index (χ2n) is 4.07. The van der Waals surface area contributed by atoms with E-state index in [1.54, 1.807) is 6.07 Å². The monoisotopic (exact) mass is 271 g/mol. The van der Waals surface area contributed by atoms with Crippen LogP contribution in [-0.2, 0) is 4.74 Å². The SMILES string of the molecule is CCOC1=NC[C@H](c2ccc(Cl)cc2Cl)CC1. The number of aliphatic imine (C=N–C) groups is 1. The number of halogens is 2. The Morgan fingerprint density at radius 1 is 1.41 bits per heavy atom. The highest BCUT2D eigenvalue weighted by Gasteiger charge is 2.20. The molecular formula is C13H15Cl2NO. The highest BCUT2D eigenvalue weighted by Crippen LogP contribution is 2.32. The Kier molecular flexibility index (Phi) is 4.30. The fourth-order valence-electron chi connectivity index (χ4n) is 2.05. The third kappa shape index (κ3) is 3.14. The van der Waals surface area contributed by atoms with Crippen LogP contribution in [-0.4, -0.2) is 19.0 Å². The Bertz CT molecular complexity index is 431. The van der Waals surface area contributed by atoms with Crippen LogP contribution in [0.5, 0.6) is 0 Å². The fraction of sp³-hybridized carbons (Fsp3) is 0.462. The number of hydrogen-bond acceptors (Lipinski definition) is 2. The van der Waals surface area contributed by atoms with Gasteiger partial charge < -0.3 is 4.74 Å². The number of rotatable bonds is 2. The van der Waals surface area contributed by atoms with Gasteiger partial charge in [0.2, 0.25) is 0 Å². The highest BCUT2D eigenvalue weighted by atomic mass is 35.5. The van der Waals surface area contributed by atoms with Crippen molar-refractivity contribution in [3.63, 3.8) is 0 Å². The molecule has 1 heterocycles. The molecule has 0 amide bonds. The molecule has 92 valence electrons. The first-order chi connectivity index (χ1) is 8.20. The van der Waals surface area contributed by atoms with Crippen LogP contribution < -0.4 is 0 Å². The van der Waals surface area contributed by atoms with Gasteiger partial charge in [0.15, 0.2) is 5.90 Å². The van der Waals surface area contributed by atoms with E-state index in [-0.39, 0.29) is 0 Å². The summed E-state index contributed by atoms with van der Waals surface area (Å²) in [6.07, 6.45) is 1.91. The summed E-state index contributed by atoms with van der Waals surface area (Å²) in [6, 6.07) is 5.67. The Hall–Kier alpha value is -0.730. The van der Waals surface area contributed by atoms with E-state index in [2.05, 4.69) is 4.99 Å². The lowest BCUT2D eigenvalue weighted by atomic mass is 9.92. The van der Waals surface area contributed by atoms with Crippen LogP contribution in [0, 0.1) is 0 Å². The second kappa shape index (κ2) is 5.74. The van der Waals surface area contributed by atoms with Crippen molar-refractivity contribution < 1.29 is 4.74 Å². The summed E-state index contributed by atoms with van der Waals surface area (Å²) >= 11 is 12.1. The van der Waals surface area contributed by atoms with Crippen LogP contribution in [0.25, 0.3) is 0 Å². The van der Waals surface area contributed by atoms with E-state index in [1.807, 2.05) is 19.1 Å². The van der Waals surface area contributed by atoms with Crippen molar-refractivity contribution in [2.45, 2.75) is 25.7 Å². The van der Waals surface area contributed by atoms with Gasteiger partial charge in [0.05, 0.1) is 6.61 Å². The van der Waals surface area contributed by atoms with Gasteiger partial charge in [0, 0.05) is 28.9 Å². The van der Waals surface area contributed by atoms with Gasteiger partial charge in [0.25, 0.3) is 0 Å². The summed E-state index contributed by atoms with van der Waals surface area (Å²) in [4.78, 5) is 4.44. The van der Waals surface area contributed by atoms with Crippen molar-refractivity contribution in [2.24, 2.45) is 4.99 Å². The van der Waals surface area contributed by atoms with Crippen LogP contribution in [0.15, 0.2) is 23.2 Å². The smallest absolute Gasteiger partial charge is 0.183 e. The van der Waals surface area contributed by atoms with Crippen LogP contribution in [0.4, 0.5) is 0 Å². The lowest BCUT2D eigenvalue weighted by Crippen LogP contribution is -2.17. The molecule has 0 aliphatic carbocycles. The zero-order chi connectivity index (χ0) is 12.3. The topological polar surface area (TPSA) is 21.6 Å². The van der Waals surface area contributed by atoms with Crippen LogP contribution in [0.3, 0.4) is 0 Å². The van der Waals surface area contributed by atoms with Gasteiger partial charge >= 0.3 is 0 Å². The molecule has 0 spiro atoms. The standard InChI is InChI=1S/C13H15Cl2NO/c1-2-17-13-6-3-9(8-16-13)11-5-4-10(14)7-12(11)15/h4-5,7,9H,2-3,6,8H2,1H3/t9-/m1/s1. The predicted octanol–water partition coefficient (Wildman–Crippen LogP) is 4.31. The molecule has 1 aromatic rings. The Morgan fingerprint density at radius 3 is 2.82 bits per heavy atom. The van der Waals surface area contributed by atoms with Crippen molar-refractivity contribution >= 4 is 29.1 Å². The maximum Gasteiger partial charge on any atom is 0.183 e. The molecule has 1 atom stereocenters. The maximum atomic E-state index is 6.20. The number of hydrogen-bond donors (Lipinski definition) is 0. The zero-order valence-electron chi connectivity index (χ0n) is 9.75. The summed E-state index contributed by atoms with van der Waals surface area (Å²) in [7, 11) is 0. The summed E-state index contributed by atoms with van der Waals surface area (Å²) in [5.74, 6) is 1.25. The summed E-state index contributed by atoms with van der Waals surface area (Å²) in [5.41, 5.74) is 1.13. The molecule has 2 nitrogen and oxygen atoms in total. The van der Waals surface area contributed by atoms with Crippen molar-refractivity contribution in [2.75, 3.05) is 13.2 Å². The normalized spacial score (nSPS) is 19.9. The maximum absolute atomic E-state index is 6.20.